The SMILES string of the molecule is CCOc1ccccc1C(=O)N1CCC[C@](C)(C(=O)NCc2ccc(C)cc2)C1. The van der Waals surface area contributed by atoms with Crippen LogP contribution in [0.4, 0.5) is 0 Å². The van der Waals surface area contributed by atoms with Crippen molar-refractivity contribution in [3.05, 3.63) is 65.2 Å². The van der Waals surface area contributed by atoms with Crippen LogP contribution in [0.1, 0.15) is 48.2 Å². The van der Waals surface area contributed by atoms with Gasteiger partial charge in [-0.3, -0.25) is 9.59 Å². The maximum absolute atomic E-state index is 13.1. The highest BCUT2D eigenvalue weighted by Crippen LogP contribution is 2.32. The summed E-state index contributed by atoms with van der Waals surface area (Å²) in [6, 6.07) is 15.4. The minimum Gasteiger partial charge on any atom is -0.493 e. The van der Waals surface area contributed by atoms with Gasteiger partial charge in [-0.25, -0.2) is 0 Å². The van der Waals surface area contributed by atoms with E-state index in [2.05, 4.69) is 5.32 Å². The summed E-state index contributed by atoms with van der Waals surface area (Å²) in [6.45, 7) is 7.95. The first-order valence-corrected chi connectivity index (χ1v) is 10.3. The van der Waals surface area contributed by atoms with E-state index >= 15 is 0 Å². The number of likely N-dealkylation sites (tertiary alicyclic amines) is 1. The molecule has 1 fully saturated rings. The second kappa shape index (κ2) is 9.12. The van der Waals surface area contributed by atoms with Crippen molar-refractivity contribution in [1.29, 1.82) is 0 Å². The molecule has 2 aromatic carbocycles. The number of nitrogens with one attached hydrogen (secondary N) is 1. The fourth-order valence-corrected chi connectivity index (χ4v) is 3.79. The molecular weight excluding hydrogens is 364 g/mol. The quantitative estimate of drug-likeness (QED) is 0.807. The van der Waals surface area contributed by atoms with Gasteiger partial charge in [0.05, 0.1) is 17.6 Å². The Morgan fingerprint density at radius 1 is 1.14 bits per heavy atom. The van der Waals surface area contributed by atoms with Gasteiger partial charge in [0.1, 0.15) is 5.75 Å². The van der Waals surface area contributed by atoms with E-state index in [-0.39, 0.29) is 11.8 Å². The predicted octanol–water partition coefficient (Wildman–Crippen LogP) is 3.95. The van der Waals surface area contributed by atoms with Gasteiger partial charge in [-0.2, -0.15) is 0 Å². The molecule has 0 aromatic heterocycles. The van der Waals surface area contributed by atoms with Crippen molar-refractivity contribution in [3.8, 4) is 5.75 Å². The first-order valence-electron chi connectivity index (χ1n) is 10.3. The van der Waals surface area contributed by atoms with Crippen LogP contribution in [0.2, 0.25) is 0 Å². The van der Waals surface area contributed by atoms with Gasteiger partial charge in [-0.15, -0.1) is 0 Å². The normalized spacial score (nSPS) is 18.9. The number of ether oxygens (including phenoxy) is 1. The van der Waals surface area contributed by atoms with Crippen molar-refractivity contribution in [3.63, 3.8) is 0 Å². The Kier molecular flexibility index (Phi) is 6.57. The van der Waals surface area contributed by atoms with E-state index in [4.69, 9.17) is 4.74 Å². The van der Waals surface area contributed by atoms with Gasteiger partial charge in [0.2, 0.25) is 5.91 Å². The number of hydrogen-bond donors (Lipinski definition) is 1. The average Bonchev–Trinajstić information content (AvgIpc) is 2.73. The van der Waals surface area contributed by atoms with Crippen molar-refractivity contribution in [2.45, 2.75) is 40.2 Å². The van der Waals surface area contributed by atoms with E-state index in [1.54, 1.807) is 11.0 Å². The zero-order chi connectivity index (χ0) is 20.9. The number of piperidine rings is 1. The number of para-hydroxylation sites is 1. The highest BCUT2D eigenvalue weighted by Gasteiger charge is 2.39. The third kappa shape index (κ3) is 4.97. The molecule has 0 aliphatic carbocycles. The number of rotatable bonds is 6. The Labute approximate surface area is 173 Å². The number of amides is 2. The third-order valence-electron chi connectivity index (χ3n) is 5.52. The van der Waals surface area contributed by atoms with E-state index in [1.165, 1.54) is 5.56 Å². The second-order valence-electron chi connectivity index (χ2n) is 7.99. The molecule has 2 aromatic rings. The smallest absolute Gasteiger partial charge is 0.257 e. The number of benzene rings is 2. The highest BCUT2D eigenvalue weighted by molar-refractivity contribution is 5.97. The molecule has 0 bridgehead atoms. The van der Waals surface area contributed by atoms with Gasteiger partial charge in [-0.05, 0) is 51.3 Å². The van der Waals surface area contributed by atoms with Crippen LogP contribution in [0.5, 0.6) is 5.75 Å². The van der Waals surface area contributed by atoms with Gasteiger partial charge in [0.15, 0.2) is 0 Å². The Bertz CT molecular complexity index is 863. The van der Waals surface area contributed by atoms with Crippen molar-refractivity contribution >= 4 is 11.8 Å². The van der Waals surface area contributed by atoms with Crippen LogP contribution in [0.15, 0.2) is 48.5 Å². The van der Waals surface area contributed by atoms with Crippen LogP contribution in [-0.4, -0.2) is 36.4 Å². The molecule has 1 heterocycles. The molecule has 0 radical (unpaired) electrons. The summed E-state index contributed by atoms with van der Waals surface area (Å²) >= 11 is 0. The maximum atomic E-state index is 13.1. The Hall–Kier alpha value is -2.82. The lowest BCUT2D eigenvalue weighted by Crippen LogP contribution is -2.51. The highest BCUT2D eigenvalue weighted by atomic mass is 16.5. The van der Waals surface area contributed by atoms with Crippen LogP contribution in [0.25, 0.3) is 0 Å². The number of hydrogen-bond acceptors (Lipinski definition) is 3. The molecule has 1 atom stereocenters. The minimum absolute atomic E-state index is 0.00586. The average molecular weight is 395 g/mol. The summed E-state index contributed by atoms with van der Waals surface area (Å²) in [4.78, 5) is 27.9. The first kappa shape index (κ1) is 20.9. The van der Waals surface area contributed by atoms with Crippen LogP contribution >= 0.6 is 0 Å². The Morgan fingerprint density at radius 2 is 1.86 bits per heavy atom. The lowest BCUT2D eigenvalue weighted by atomic mass is 9.80. The van der Waals surface area contributed by atoms with Crippen LogP contribution in [-0.2, 0) is 11.3 Å². The van der Waals surface area contributed by atoms with Gasteiger partial charge in [-0.1, -0.05) is 42.0 Å². The van der Waals surface area contributed by atoms with E-state index in [0.29, 0.717) is 37.6 Å². The second-order valence-corrected chi connectivity index (χ2v) is 7.99. The summed E-state index contributed by atoms with van der Waals surface area (Å²) in [7, 11) is 0. The Morgan fingerprint density at radius 3 is 2.59 bits per heavy atom. The molecule has 5 heteroatoms. The molecule has 154 valence electrons. The molecule has 5 nitrogen and oxygen atoms in total. The molecule has 2 amide bonds. The van der Waals surface area contributed by atoms with Crippen LogP contribution in [0, 0.1) is 12.3 Å². The monoisotopic (exact) mass is 394 g/mol. The van der Waals surface area contributed by atoms with Crippen molar-refractivity contribution in [2.75, 3.05) is 19.7 Å². The van der Waals surface area contributed by atoms with E-state index in [1.807, 2.05) is 63.2 Å². The predicted molar refractivity (Wildman–Crippen MR) is 114 cm³/mol. The fraction of sp³-hybridized carbons (Fsp3) is 0.417. The Balaban J connectivity index is 1.67. The van der Waals surface area contributed by atoms with Crippen molar-refractivity contribution in [1.82, 2.24) is 10.2 Å². The van der Waals surface area contributed by atoms with E-state index in [0.717, 1.165) is 18.4 Å². The maximum Gasteiger partial charge on any atom is 0.257 e. The molecule has 1 aliphatic rings. The number of aryl methyl sites for hydroxylation is 1. The largest absolute Gasteiger partial charge is 0.493 e. The molecule has 0 unspecified atom stereocenters. The van der Waals surface area contributed by atoms with Gasteiger partial charge < -0.3 is 15.0 Å². The summed E-state index contributed by atoms with van der Waals surface area (Å²) in [6.07, 6.45) is 1.57. The number of carbonyl (C=O) groups is 2. The van der Waals surface area contributed by atoms with Gasteiger partial charge in [0, 0.05) is 19.6 Å². The van der Waals surface area contributed by atoms with Crippen LogP contribution < -0.4 is 10.1 Å². The topological polar surface area (TPSA) is 58.6 Å². The lowest BCUT2D eigenvalue weighted by molar-refractivity contribution is -0.132. The molecule has 29 heavy (non-hydrogen) atoms. The fourth-order valence-electron chi connectivity index (χ4n) is 3.79. The summed E-state index contributed by atoms with van der Waals surface area (Å²) in [5.74, 6) is 0.510. The molecule has 1 N–H and O–H groups in total. The number of nitrogens with zero attached hydrogens (tertiary/aromatic N) is 1. The summed E-state index contributed by atoms with van der Waals surface area (Å²) in [5.41, 5.74) is 2.22. The summed E-state index contributed by atoms with van der Waals surface area (Å²) < 4.78 is 5.62. The van der Waals surface area contributed by atoms with E-state index < -0.39 is 5.41 Å². The summed E-state index contributed by atoms with van der Waals surface area (Å²) in [5, 5.41) is 3.06. The molecule has 0 saturated carbocycles. The standard InChI is InChI=1S/C24H30N2O3/c1-4-29-21-9-6-5-8-20(21)22(27)26-15-7-14-24(3,17-26)23(28)25-16-19-12-10-18(2)11-13-19/h5-6,8-13H,4,7,14-17H2,1-3H3,(H,25,28)/t24-/m0/s1. The van der Waals surface area contributed by atoms with Gasteiger partial charge in [0.25, 0.3) is 5.91 Å². The van der Waals surface area contributed by atoms with E-state index in [9.17, 15) is 9.59 Å². The first-order chi connectivity index (χ1) is 13.9. The van der Waals surface area contributed by atoms with Crippen molar-refractivity contribution in [2.24, 2.45) is 5.41 Å². The van der Waals surface area contributed by atoms with Crippen LogP contribution in [0.3, 0.4) is 0 Å². The molecule has 3 rings (SSSR count). The molecule has 1 aliphatic heterocycles. The third-order valence-corrected chi connectivity index (χ3v) is 5.52. The molecule has 0 spiro atoms. The lowest BCUT2D eigenvalue weighted by Gasteiger charge is -2.39. The van der Waals surface area contributed by atoms with Gasteiger partial charge >= 0.3 is 0 Å². The number of carbonyl (C=O) groups excluding carboxylic acids is 2. The zero-order valence-electron chi connectivity index (χ0n) is 17.5. The molecular formula is C24H30N2O3. The molecule has 1 saturated heterocycles. The minimum atomic E-state index is -0.598. The zero-order valence-corrected chi connectivity index (χ0v) is 17.5. The van der Waals surface area contributed by atoms with Crippen molar-refractivity contribution < 1.29 is 14.3 Å².